The Kier molecular flexibility index (Phi) is 9.41. The van der Waals surface area contributed by atoms with Crippen molar-refractivity contribution >= 4 is 17.7 Å². The molecule has 0 spiro atoms. The molecule has 0 aliphatic carbocycles. The number of aryl methyl sites for hydroxylation is 1. The molecule has 1 fully saturated rings. The monoisotopic (exact) mass is 564 g/mol. The van der Waals surface area contributed by atoms with E-state index in [0.717, 1.165) is 45.9 Å². The van der Waals surface area contributed by atoms with E-state index < -0.39 is 6.10 Å². The Labute approximate surface area is 238 Å². The van der Waals surface area contributed by atoms with Crippen molar-refractivity contribution in [2.24, 2.45) is 13.0 Å². The Morgan fingerprint density at radius 2 is 2.15 bits per heavy atom. The van der Waals surface area contributed by atoms with Gasteiger partial charge in [-0.15, -0.1) is 5.10 Å². The lowest BCUT2D eigenvalue weighted by Gasteiger charge is -2.25. The number of nitrogens with zero attached hydrogens (tertiary/aromatic N) is 3. The summed E-state index contributed by atoms with van der Waals surface area (Å²) in [6, 6.07) is 10.1. The van der Waals surface area contributed by atoms with Crippen LogP contribution in [-0.2, 0) is 24.6 Å². The van der Waals surface area contributed by atoms with Crippen molar-refractivity contribution in [1.29, 1.82) is 0 Å². The maximum Gasteiger partial charge on any atom is 0.258 e. The normalized spacial score (nSPS) is 18.5. The predicted molar refractivity (Wildman–Crippen MR) is 155 cm³/mol. The van der Waals surface area contributed by atoms with Crippen LogP contribution in [0.15, 0.2) is 48.8 Å². The van der Waals surface area contributed by atoms with Gasteiger partial charge >= 0.3 is 0 Å². The molecule has 212 valence electrons. The predicted octanol–water partition coefficient (Wildman–Crippen LogP) is 3.78. The molecular formula is C30H36N4O5S. The molecule has 2 aromatic carbocycles. The van der Waals surface area contributed by atoms with Crippen LogP contribution in [0.4, 0.5) is 0 Å². The summed E-state index contributed by atoms with van der Waals surface area (Å²) in [5.74, 6) is 2.11. The summed E-state index contributed by atoms with van der Waals surface area (Å²) in [5.41, 5.74) is 5.31. The van der Waals surface area contributed by atoms with Crippen LogP contribution in [0, 0.1) is 5.92 Å². The highest BCUT2D eigenvalue weighted by Crippen LogP contribution is 2.41. The maximum absolute atomic E-state index is 13.5. The van der Waals surface area contributed by atoms with E-state index in [1.807, 2.05) is 37.5 Å². The number of benzene rings is 2. The lowest BCUT2D eigenvalue weighted by atomic mass is 9.95. The quantitative estimate of drug-likeness (QED) is 0.339. The number of hydrogen-bond acceptors (Lipinski definition) is 8. The topological polar surface area (TPSA) is 108 Å². The minimum Gasteiger partial charge on any atom is -0.493 e. The second-order valence-electron chi connectivity index (χ2n) is 10.1. The molecule has 2 N–H and O–H groups in total. The Morgan fingerprint density at radius 1 is 1.30 bits per heavy atom. The van der Waals surface area contributed by atoms with E-state index in [4.69, 9.17) is 14.2 Å². The van der Waals surface area contributed by atoms with Crippen LogP contribution in [0.3, 0.4) is 0 Å². The third-order valence-electron chi connectivity index (χ3n) is 7.17. The van der Waals surface area contributed by atoms with Crippen molar-refractivity contribution < 1.29 is 24.1 Å². The number of hydrogen-bond donors (Lipinski definition) is 2. The van der Waals surface area contributed by atoms with Gasteiger partial charge in [0, 0.05) is 49.7 Å². The van der Waals surface area contributed by atoms with Crippen molar-refractivity contribution in [2.75, 3.05) is 38.4 Å². The first-order chi connectivity index (χ1) is 19.5. The van der Waals surface area contributed by atoms with Gasteiger partial charge in [0.2, 0.25) is 0 Å². The van der Waals surface area contributed by atoms with Gasteiger partial charge in [-0.2, -0.15) is 11.8 Å². The summed E-state index contributed by atoms with van der Waals surface area (Å²) in [4.78, 5) is 13.5. The van der Waals surface area contributed by atoms with Crippen molar-refractivity contribution in [3.8, 4) is 22.8 Å². The van der Waals surface area contributed by atoms with Crippen LogP contribution in [0.25, 0.3) is 11.3 Å². The van der Waals surface area contributed by atoms with Gasteiger partial charge in [0.15, 0.2) is 0 Å². The van der Waals surface area contributed by atoms with Gasteiger partial charge in [-0.05, 0) is 42.0 Å². The molecule has 1 aromatic heterocycles. The van der Waals surface area contributed by atoms with Crippen LogP contribution in [0.2, 0.25) is 0 Å². The van der Waals surface area contributed by atoms with E-state index in [1.54, 1.807) is 22.6 Å². The Balaban J connectivity index is 1.40. The highest BCUT2D eigenvalue weighted by molar-refractivity contribution is 7.98. The van der Waals surface area contributed by atoms with E-state index >= 15 is 0 Å². The third-order valence-corrected chi connectivity index (χ3v) is 7.87. The summed E-state index contributed by atoms with van der Waals surface area (Å²) in [5, 5.41) is 21.3. The second-order valence-corrected chi connectivity index (χ2v) is 11.1. The summed E-state index contributed by atoms with van der Waals surface area (Å²) in [6.45, 7) is 2.00. The van der Waals surface area contributed by atoms with Crippen LogP contribution < -0.4 is 14.8 Å². The van der Waals surface area contributed by atoms with E-state index in [2.05, 4.69) is 34.0 Å². The van der Waals surface area contributed by atoms with Crippen LogP contribution in [0.1, 0.15) is 39.9 Å². The fraction of sp³-hybridized carbons (Fsp3) is 0.433. The zero-order chi connectivity index (χ0) is 27.9. The Hall–Kier alpha value is -3.34. The number of ether oxygens (including phenoxy) is 3. The van der Waals surface area contributed by atoms with Gasteiger partial charge in [-0.25, -0.2) is 0 Å². The smallest absolute Gasteiger partial charge is 0.258 e. The zero-order valence-corrected chi connectivity index (χ0v) is 23.8. The number of thioether (sulfide) groups is 1. The molecule has 1 saturated heterocycles. The SMILES string of the molecule is CSCCCOc1c(C(=O)N/C=C/C2CCOC[C@@H]2O)cc(Cc2ccc(-c3cn(C)nn3)cc2)c2c1CCO2. The fourth-order valence-corrected chi connectivity index (χ4v) is 5.46. The van der Waals surface area contributed by atoms with Crippen molar-refractivity contribution in [2.45, 2.75) is 31.8 Å². The van der Waals surface area contributed by atoms with Gasteiger partial charge < -0.3 is 24.6 Å². The molecule has 2 aliphatic rings. The number of fused-ring (bicyclic) bond motifs is 1. The van der Waals surface area contributed by atoms with Gasteiger partial charge in [0.25, 0.3) is 5.91 Å². The molecule has 9 nitrogen and oxygen atoms in total. The van der Waals surface area contributed by atoms with E-state index in [1.165, 1.54) is 0 Å². The molecular weight excluding hydrogens is 528 g/mol. The van der Waals surface area contributed by atoms with Crippen LogP contribution >= 0.6 is 11.8 Å². The average Bonchev–Trinajstić information content (AvgIpc) is 3.63. The number of aromatic nitrogens is 3. The molecule has 3 heterocycles. The van der Waals surface area contributed by atoms with Crippen molar-refractivity contribution in [3.63, 3.8) is 0 Å². The molecule has 0 bridgehead atoms. The van der Waals surface area contributed by atoms with E-state index in [9.17, 15) is 9.90 Å². The second kappa shape index (κ2) is 13.3. The first-order valence-electron chi connectivity index (χ1n) is 13.7. The number of rotatable bonds is 11. The largest absolute Gasteiger partial charge is 0.493 e. The molecule has 40 heavy (non-hydrogen) atoms. The summed E-state index contributed by atoms with van der Waals surface area (Å²) in [7, 11) is 1.85. The van der Waals surface area contributed by atoms with E-state index in [0.29, 0.717) is 57.0 Å². The lowest BCUT2D eigenvalue weighted by Crippen LogP contribution is -2.31. The highest BCUT2D eigenvalue weighted by Gasteiger charge is 2.28. The first-order valence-corrected chi connectivity index (χ1v) is 15.0. The van der Waals surface area contributed by atoms with E-state index in [-0.39, 0.29) is 11.8 Å². The van der Waals surface area contributed by atoms with Crippen LogP contribution in [0.5, 0.6) is 11.5 Å². The number of carbonyl (C=O) groups excluding carboxylic acids is 1. The minimum absolute atomic E-state index is 0.0508. The molecule has 1 unspecified atom stereocenters. The molecule has 5 rings (SSSR count). The summed E-state index contributed by atoms with van der Waals surface area (Å²) in [6.07, 6.45) is 9.77. The number of carbonyl (C=O) groups is 1. The lowest BCUT2D eigenvalue weighted by molar-refractivity contribution is -0.0297. The molecule has 3 aromatic rings. The third kappa shape index (κ3) is 6.68. The Morgan fingerprint density at radius 3 is 2.90 bits per heavy atom. The average molecular weight is 565 g/mol. The van der Waals surface area contributed by atoms with Crippen molar-refractivity contribution in [1.82, 2.24) is 20.3 Å². The summed E-state index contributed by atoms with van der Waals surface area (Å²) >= 11 is 1.77. The number of amides is 1. The molecule has 2 aliphatic heterocycles. The number of aliphatic hydroxyl groups is 1. The van der Waals surface area contributed by atoms with Gasteiger partial charge in [-0.1, -0.05) is 35.6 Å². The van der Waals surface area contributed by atoms with Gasteiger partial charge in [0.1, 0.15) is 17.2 Å². The summed E-state index contributed by atoms with van der Waals surface area (Å²) < 4.78 is 19.3. The molecule has 0 saturated carbocycles. The minimum atomic E-state index is -0.568. The van der Waals surface area contributed by atoms with Crippen LogP contribution in [-0.4, -0.2) is 70.5 Å². The fourth-order valence-electron chi connectivity index (χ4n) is 5.05. The first kappa shape index (κ1) is 28.2. The standard InChI is InChI=1S/C30H36N4O5S/c1-34-18-26(32-33-34)21-6-4-20(5-7-21)16-23-17-25(30(36)31-11-8-22-9-13-37-19-27(22)35)29(38-12-3-15-40-2)24-10-14-39-28(23)24/h4-8,11,17-18,22,27,35H,3,9-10,12-16,19H2,1-2H3,(H,31,36)/b11-8+/t22?,27-/m0/s1. The van der Waals surface area contributed by atoms with Gasteiger partial charge in [0.05, 0.1) is 37.7 Å². The maximum atomic E-state index is 13.5. The molecule has 10 heteroatoms. The zero-order valence-electron chi connectivity index (χ0n) is 23.0. The highest BCUT2D eigenvalue weighted by atomic mass is 32.2. The molecule has 0 radical (unpaired) electrons. The Bertz CT molecular complexity index is 1340. The molecule has 2 atom stereocenters. The van der Waals surface area contributed by atoms with Crippen molar-refractivity contribution in [3.05, 3.63) is 71.1 Å². The molecule has 1 amide bonds. The number of aliphatic hydroxyl groups excluding tert-OH is 1. The van der Waals surface area contributed by atoms with Gasteiger partial charge in [-0.3, -0.25) is 9.48 Å². The number of nitrogens with one attached hydrogen (secondary N) is 1.